The van der Waals surface area contributed by atoms with Crippen LogP contribution in [0.15, 0.2) is 82.6 Å². The number of carbonyl (C=O) groups excluding carboxylic acids is 1. The molecule has 5 heteroatoms. The van der Waals surface area contributed by atoms with Gasteiger partial charge in [-0.1, -0.05) is 36.0 Å². The normalized spacial score (nSPS) is 12.1. The van der Waals surface area contributed by atoms with Gasteiger partial charge in [-0.25, -0.2) is 0 Å². The summed E-state index contributed by atoms with van der Waals surface area (Å²) in [7, 11) is 1.61. The molecule has 0 unspecified atom stereocenters. The predicted octanol–water partition coefficient (Wildman–Crippen LogP) is 4.90. The van der Waals surface area contributed by atoms with E-state index in [-0.39, 0.29) is 12.5 Å². The molecule has 1 aliphatic heterocycles. The highest BCUT2D eigenvalue weighted by Gasteiger charge is 2.27. The van der Waals surface area contributed by atoms with E-state index < -0.39 is 0 Å². The van der Waals surface area contributed by atoms with E-state index >= 15 is 0 Å². The molecule has 0 spiro atoms. The Kier molecular flexibility index (Phi) is 4.54. The van der Waals surface area contributed by atoms with Crippen molar-refractivity contribution in [2.45, 2.75) is 9.79 Å². The molecule has 26 heavy (non-hydrogen) atoms. The van der Waals surface area contributed by atoms with Crippen LogP contribution in [0.2, 0.25) is 0 Å². The number of fused-ring (bicyclic) bond motifs is 2. The van der Waals surface area contributed by atoms with Crippen LogP contribution in [0, 0.1) is 0 Å². The van der Waals surface area contributed by atoms with Crippen molar-refractivity contribution in [1.82, 2.24) is 0 Å². The summed E-state index contributed by atoms with van der Waals surface area (Å²) < 4.78 is 10.8. The number of amides is 1. The summed E-state index contributed by atoms with van der Waals surface area (Å²) >= 11 is 1.67. The maximum atomic E-state index is 13.0. The Morgan fingerprint density at radius 3 is 1.96 bits per heavy atom. The van der Waals surface area contributed by atoms with Gasteiger partial charge in [0, 0.05) is 9.79 Å². The van der Waals surface area contributed by atoms with Crippen LogP contribution in [0.4, 0.5) is 11.4 Å². The van der Waals surface area contributed by atoms with Gasteiger partial charge in [-0.15, -0.1) is 0 Å². The van der Waals surface area contributed by atoms with Gasteiger partial charge in [-0.2, -0.15) is 0 Å². The number of rotatable bonds is 4. The van der Waals surface area contributed by atoms with Gasteiger partial charge in [-0.3, -0.25) is 9.69 Å². The van der Waals surface area contributed by atoms with Crippen molar-refractivity contribution in [1.29, 1.82) is 0 Å². The lowest BCUT2D eigenvalue weighted by Gasteiger charge is -2.30. The van der Waals surface area contributed by atoms with Crippen molar-refractivity contribution in [3.63, 3.8) is 0 Å². The second-order valence-corrected chi connectivity index (χ2v) is 6.81. The molecule has 0 saturated heterocycles. The van der Waals surface area contributed by atoms with Crippen LogP contribution in [0.25, 0.3) is 0 Å². The number of hydrogen-bond acceptors (Lipinski definition) is 4. The third-order valence-electron chi connectivity index (χ3n) is 4.10. The third kappa shape index (κ3) is 3.13. The number of hydrogen-bond donors (Lipinski definition) is 0. The SMILES string of the molecule is COc1ccc(OCC(=O)N2c3ccccc3Sc3ccccc32)cc1. The van der Waals surface area contributed by atoms with E-state index in [1.165, 1.54) is 0 Å². The number of para-hydroxylation sites is 2. The lowest BCUT2D eigenvalue weighted by Crippen LogP contribution is -2.32. The van der Waals surface area contributed by atoms with Crippen LogP contribution in [-0.2, 0) is 4.79 Å². The number of ether oxygens (including phenoxy) is 2. The summed E-state index contributed by atoms with van der Waals surface area (Å²) in [6.45, 7) is -0.0420. The fourth-order valence-corrected chi connectivity index (χ4v) is 3.91. The molecule has 130 valence electrons. The van der Waals surface area contributed by atoms with Crippen molar-refractivity contribution in [3.8, 4) is 11.5 Å². The Morgan fingerprint density at radius 1 is 0.846 bits per heavy atom. The number of methoxy groups -OCH3 is 1. The fraction of sp³-hybridized carbons (Fsp3) is 0.0952. The summed E-state index contributed by atoms with van der Waals surface area (Å²) in [4.78, 5) is 16.8. The Morgan fingerprint density at radius 2 is 1.38 bits per heavy atom. The molecular formula is C21H17NO3S. The molecule has 0 N–H and O–H groups in total. The summed E-state index contributed by atoms with van der Waals surface area (Å²) in [6, 6.07) is 23.0. The molecule has 0 atom stereocenters. The number of nitrogens with zero attached hydrogens (tertiary/aromatic N) is 1. The summed E-state index contributed by atoms with van der Waals surface area (Å²) in [5.74, 6) is 1.27. The Labute approximate surface area is 156 Å². The lowest BCUT2D eigenvalue weighted by atomic mass is 10.2. The van der Waals surface area contributed by atoms with E-state index in [4.69, 9.17) is 9.47 Å². The van der Waals surface area contributed by atoms with Crippen LogP contribution in [0.5, 0.6) is 11.5 Å². The molecule has 0 fully saturated rings. The molecule has 0 radical (unpaired) electrons. The maximum Gasteiger partial charge on any atom is 0.269 e. The molecule has 3 aromatic rings. The van der Waals surface area contributed by atoms with Crippen LogP contribution >= 0.6 is 11.8 Å². The van der Waals surface area contributed by atoms with E-state index in [0.29, 0.717) is 5.75 Å². The minimum Gasteiger partial charge on any atom is -0.497 e. The molecule has 0 aliphatic carbocycles. The monoisotopic (exact) mass is 363 g/mol. The van der Waals surface area contributed by atoms with Crippen molar-refractivity contribution >= 4 is 29.0 Å². The van der Waals surface area contributed by atoms with Crippen molar-refractivity contribution < 1.29 is 14.3 Å². The largest absolute Gasteiger partial charge is 0.497 e. The highest BCUT2D eigenvalue weighted by atomic mass is 32.2. The fourth-order valence-electron chi connectivity index (χ4n) is 2.85. The second kappa shape index (κ2) is 7.14. The van der Waals surface area contributed by atoms with Gasteiger partial charge in [0.1, 0.15) is 11.5 Å². The molecule has 0 bridgehead atoms. The molecule has 0 saturated carbocycles. The van der Waals surface area contributed by atoms with E-state index in [9.17, 15) is 4.79 Å². The molecular weight excluding hydrogens is 346 g/mol. The average Bonchev–Trinajstić information content (AvgIpc) is 2.70. The Balaban J connectivity index is 1.59. The Bertz CT molecular complexity index is 894. The highest BCUT2D eigenvalue weighted by Crippen LogP contribution is 2.47. The third-order valence-corrected chi connectivity index (χ3v) is 5.23. The molecule has 1 amide bonds. The average molecular weight is 363 g/mol. The first-order valence-corrected chi connectivity index (χ1v) is 9.03. The van der Waals surface area contributed by atoms with Crippen molar-refractivity contribution in [2.75, 3.05) is 18.6 Å². The number of anilines is 2. The molecule has 1 heterocycles. The first kappa shape index (κ1) is 16.5. The van der Waals surface area contributed by atoms with E-state index in [1.54, 1.807) is 35.9 Å². The van der Waals surface area contributed by atoms with Gasteiger partial charge in [-0.05, 0) is 48.5 Å². The van der Waals surface area contributed by atoms with Gasteiger partial charge < -0.3 is 9.47 Å². The van der Waals surface area contributed by atoms with Gasteiger partial charge >= 0.3 is 0 Å². The first-order chi connectivity index (χ1) is 12.8. The van der Waals surface area contributed by atoms with Crippen LogP contribution in [-0.4, -0.2) is 19.6 Å². The minimum atomic E-state index is -0.110. The zero-order valence-electron chi connectivity index (χ0n) is 14.2. The van der Waals surface area contributed by atoms with Gasteiger partial charge in [0.05, 0.1) is 18.5 Å². The van der Waals surface area contributed by atoms with Gasteiger partial charge in [0.25, 0.3) is 5.91 Å². The molecule has 4 nitrogen and oxygen atoms in total. The van der Waals surface area contributed by atoms with E-state index in [1.807, 2.05) is 60.7 Å². The lowest BCUT2D eigenvalue weighted by molar-refractivity contribution is -0.119. The van der Waals surface area contributed by atoms with Crippen LogP contribution in [0.3, 0.4) is 0 Å². The molecule has 4 rings (SSSR count). The van der Waals surface area contributed by atoms with Crippen LogP contribution < -0.4 is 14.4 Å². The van der Waals surface area contributed by atoms with Gasteiger partial charge in [0.15, 0.2) is 6.61 Å². The number of benzene rings is 3. The molecule has 3 aromatic carbocycles. The summed E-state index contributed by atoms with van der Waals surface area (Å²) in [5, 5.41) is 0. The van der Waals surface area contributed by atoms with Crippen molar-refractivity contribution in [3.05, 3.63) is 72.8 Å². The smallest absolute Gasteiger partial charge is 0.269 e. The number of carbonyl (C=O) groups is 1. The van der Waals surface area contributed by atoms with Crippen molar-refractivity contribution in [2.24, 2.45) is 0 Å². The second-order valence-electron chi connectivity index (χ2n) is 5.73. The summed E-state index contributed by atoms with van der Waals surface area (Å²) in [6.07, 6.45) is 0. The summed E-state index contributed by atoms with van der Waals surface area (Å²) in [5.41, 5.74) is 1.78. The van der Waals surface area contributed by atoms with Crippen LogP contribution in [0.1, 0.15) is 0 Å². The Hall–Kier alpha value is -2.92. The molecule has 0 aromatic heterocycles. The van der Waals surface area contributed by atoms with E-state index in [2.05, 4.69) is 0 Å². The van der Waals surface area contributed by atoms with Gasteiger partial charge in [0.2, 0.25) is 0 Å². The van der Waals surface area contributed by atoms with E-state index in [0.717, 1.165) is 26.9 Å². The quantitative estimate of drug-likeness (QED) is 0.661. The highest BCUT2D eigenvalue weighted by molar-refractivity contribution is 7.99. The minimum absolute atomic E-state index is 0.0420. The zero-order valence-corrected chi connectivity index (χ0v) is 15.0. The predicted molar refractivity (Wildman–Crippen MR) is 103 cm³/mol. The maximum absolute atomic E-state index is 13.0. The standard InChI is InChI=1S/C21H17NO3S/c1-24-15-10-12-16(13-11-15)25-14-21(23)22-17-6-2-4-8-19(17)26-20-9-5-3-7-18(20)22/h2-13H,14H2,1H3. The first-order valence-electron chi connectivity index (χ1n) is 8.22. The molecule has 1 aliphatic rings. The topological polar surface area (TPSA) is 38.8 Å². The zero-order chi connectivity index (χ0) is 17.9.